The summed E-state index contributed by atoms with van der Waals surface area (Å²) in [5, 5.41) is 0. The lowest BCUT2D eigenvalue weighted by molar-refractivity contribution is 0.101. The van der Waals surface area contributed by atoms with Gasteiger partial charge in [-0.2, -0.15) is 0 Å². The summed E-state index contributed by atoms with van der Waals surface area (Å²) in [7, 11) is 0. The maximum atomic E-state index is 11.3. The topological polar surface area (TPSA) is 58.9 Å². The minimum absolute atomic E-state index is 0.0636. The number of Topliss-reactive ketones (excluding diaryl/α,β-unsaturated/α-hetero) is 1. The van der Waals surface area contributed by atoms with E-state index in [2.05, 4.69) is 9.97 Å². The normalized spacial score (nSPS) is 11.0. The Morgan fingerprint density at radius 1 is 1.32 bits per heavy atom. The first-order chi connectivity index (χ1) is 9.22. The number of furan rings is 1. The average Bonchev–Trinajstić information content (AvgIpc) is 3.04. The quantitative estimate of drug-likeness (QED) is 0.727. The fraction of sp³-hybridized carbons (Fsp3) is 0.200. The number of H-pyrrole nitrogens is 1. The van der Waals surface area contributed by atoms with Gasteiger partial charge in [-0.1, -0.05) is 0 Å². The van der Waals surface area contributed by atoms with E-state index >= 15 is 0 Å². The van der Waals surface area contributed by atoms with Gasteiger partial charge in [-0.15, -0.1) is 0 Å². The van der Waals surface area contributed by atoms with Crippen molar-refractivity contribution in [2.24, 2.45) is 0 Å². The number of carbonyl (C=O) groups is 1. The van der Waals surface area contributed by atoms with Crippen LogP contribution in [0.1, 0.15) is 28.9 Å². The smallest absolute Gasteiger partial charge is 0.159 e. The molecule has 0 spiro atoms. The van der Waals surface area contributed by atoms with Gasteiger partial charge in [-0.05, 0) is 37.3 Å². The van der Waals surface area contributed by atoms with E-state index in [4.69, 9.17) is 4.42 Å². The van der Waals surface area contributed by atoms with Gasteiger partial charge in [-0.25, -0.2) is 4.98 Å². The van der Waals surface area contributed by atoms with Crippen LogP contribution in [0.4, 0.5) is 0 Å². The molecule has 3 aromatic rings. The van der Waals surface area contributed by atoms with Crippen molar-refractivity contribution in [1.29, 1.82) is 0 Å². The third kappa shape index (κ3) is 2.42. The zero-order valence-corrected chi connectivity index (χ0v) is 10.6. The molecule has 0 fully saturated rings. The second kappa shape index (κ2) is 4.72. The van der Waals surface area contributed by atoms with Crippen molar-refractivity contribution in [2.75, 3.05) is 0 Å². The Morgan fingerprint density at radius 3 is 2.95 bits per heavy atom. The van der Waals surface area contributed by atoms with Crippen LogP contribution in [-0.2, 0) is 12.8 Å². The Morgan fingerprint density at radius 2 is 2.21 bits per heavy atom. The van der Waals surface area contributed by atoms with Gasteiger partial charge >= 0.3 is 0 Å². The maximum absolute atomic E-state index is 11.3. The third-order valence-electron chi connectivity index (χ3n) is 3.13. The summed E-state index contributed by atoms with van der Waals surface area (Å²) in [5.41, 5.74) is 2.50. The van der Waals surface area contributed by atoms with Crippen molar-refractivity contribution in [2.45, 2.75) is 19.8 Å². The molecule has 4 heteroatoms. The Balaban J connectivity index is 1.83. The molecule has 3 rings (SSSR count). The molecule has 0 saturated heterocycles. The van der Waals surface area contributed by atoms with Crippen LogP contribution >= 0.6 is 0 Å². The largest absolute Gasteiger partial charge is 0.469 e. The summed E-state index contributed by atoms with van der Waals surface area (Å²) in [5.74, 6) is 1.92. The molecule has 0 unspecified atom stereocenters. The van der Waals surface area contributed by atoms with Gasteiger partial charge in [-0.3, -0.25) is 4.79 Å². The molecular weight excluding hydrogens is 240 g/mol. The molecule has 4 nitrogen and oxygen atoms in total. The summed E-state index contributed by atoms with van der Waals surface area (Å²) >= 11 is 0. The standard InChI is InChI=1S/C15H14N2O2/c1-10(18)11-4-6-13-14(9-11)17-15(16-13)7-5-12-3-2-8-19-12/h2-4,6,8-9H,5,7H2,1H3,(H,16,17). The Hall–Kier alpha value is -2.36. The van der Waals surface area contributed by atoms with E-state index in [-0.39, 0.29) is 5.78 Å². The number of hydrogen-bond acceptors (Lipinski definition) is 3. The van der Waals surface area contributed by atoms with Crippen LogP contribution in [0.25, 0.3) is 11.0 Å². The Kier molecular flexibility index (Phi) is 2.91. The summed E-state index contributed by atoms with van der Waals surface area (Å²) in [6.07, 6.45) is 3.27. The Bertz CT molecular complexity index is 711. The van der Waals surface area contributed by atoms with Crippen LogP contribution in [0, 0.1) is 0 Å². The molecule has 0 amide bonds. The summed E-state index contributed by atoms with van der Waals surface area (Å²) in [6, 6.07) is 9.37. The van der Waals surface area contributed by atoms with Crippen molar-refractivity contribution in [3.05, 3.63) is 53.7 Å². The van der Waals surface area contributed by atoms with E-state index in [0.717, 1.165) is 35.5 Å². The van der Waals surface area contributed by atoms with E-state index in [1.165, 1.54) is 0 Å². The Labute approximate surface area is 110 Å². The fourth-order valence-electron chi connectivity index (χ4n) is 2.10. The predicted molar refractivity (Wildman–Crippen MR) is 72.2 cm³/mol. The number of aromatic nitrogens is 2. The van der Waals surface area contributed by atoms with Gasteiger partial charge in [0.25, 0.3) is 0 Å². The molecule has 1 aromatic carbocycles. The molecule has 0 radical (unpaired) electrons. The summed E-state index contributed by atoms with van der Waals surface area (Å²) in [4.78, 5) is 19.1. The van der Waals surface area contributed by atoms with Gasteiger partial charge in [0.1, 0.15) is 11.6 Å². The molecule has 19 heavy (non-hydrogen) atoms. The highest BCUT2D eigenvalue weighted by atomic mass is 16.3. The van der Waals surface area contributed by atoms with Crippen molar-refractivity contribution in [3.8, 4) is 0 Å². The van der Waals surface area contributed by atoms with E-state index in [1.54, 1.807) is 13.2 Å². The fourth-order valence-corrected chi connectivity index (χ4v) is 2.10. The molecule has 0 bridgehead atoms. The lowest BCUT2D eigenvalue weighted by Crippen LogP contribution is -1.91. The molecule has 0 aliphatic carbocycles. The summed E-state index contributed by atoms with van der Waals surface area (Å²) in [6.45, 7) is 1.56. The molecule has 0 aliphatic heterocycles. The van der Waals surface area contributed by atoms with Crippen molar-refractivity contribution >= 4 is 16.8 Å². The van der Waals surface area contributed by atoms with Gasteiger partial charge in [0.2, 0.25) is 0 Å². The number of benzene rings is 1. The highest BCUT2D eigenvalue weighted by Crippen LogP contribution is 2.15. The van der Waals surface area contributed by atoms with Crippen molar-refractivity contribution < 1.29 is 9.21 Å². The molecule has 2 heterocycles. The van der Waals surface area contributed by atoms with Crippen LogP contribution in [-0.4, -0.2) is 15.8 Å². The van der Waals surface area contributed by atoms with Crippen molar-refractivity contribution in [1.82, 2.24) is 9.97 Å². The number of aromatic amines is 1. The second-order valence-electron chi connectivity index (χ2n) is 4.55. The first kappa shape index (κ1) is 11.7. The lowest BCUT2D eigenvalue weighted by Gasteiger charge is -1.94. The molecule has 2 aromatic heterocycles. The predicted octanol–water partition coefficient (Wildman–Crippen LogP) is 3.14. The third-order valence-corrected chi connectivity index (χ3v) is 3.13. The number of rotatable bonds is 4. The molecule has 96 valence electrons. The molecular formula is C15H14N2O2. The number of carbonyl (C=O) groups excluding carboxylic acids is 1. The van der Waals surface area contributed by atoms with Gasteiger partial charge in [0.05, 0.1) is 17.3 Å². The number of nitrogens with one attached hydrogen (secondary N) is 1. The van der Waals surface area contributed by atoms with Crippen LogP contribution in [0.15, 0.2) is 41.0 Å². The second-order valence-corrected chi connectivity index (χ2v) is 4.55. The minimum atomic E-state index is 0.0636. The van der Waals surface area contributed by atoms with E-state index < -0.39 is 0 Å². The van der Waals surface area contributed by atoms with Crippen molar-refractivity contribution in [3.63, 3.8) is 0 Å². The highest BCUT2D eigenvalue weighted by Gasteiger charge is 2.06. The van der Waals surface area contributed by atoms with Gasteiger partial charge in [0, 0.05) is 18.4 Å². The molecule has 0 atom stereocenters. The average molecular weight is 254 g/mol. The number of hydrogen-bond donors (Lipinski definition) is 1. The maximum Gasteiger partial charge on any atom is 0.159 e. The van der Waals surface area contributed by atoms with Crippen LogP contribution in [0.3, 0.4) is 0 Å². The van der Waals surface area contributed by atoms with Crippen LogP contribution in [0.2, 0.25) is 0 Å². The number of ketones is 1. The van der Waals surface area contributed by atoms with E-state index in [9.17, 15) is 4.79 Å². The number of imidazole rings is 1. The summed E-state index contributed by atoms with van der Waals surface area (Å²) < 4.78 is 5.29. The first-order valence-corrected chi connectivity index (χ1v) is 6.24. The van der Waals surface area contributed by atoms with Crippen LogP contribution in [0.5, 0.6) is 0 Å². The highest BCUT2D eigenvalue weighted by molar-refractivity contribution is 5.97. The number of fused-ring (bicyclic) bond motifs is 1. The number of nitrogens with zero attached hydrogens (tertiary/aromatic N) is 1. The van der Waals surface area contributed by atoms with Gasteiger partial charge in [0.15, 0.2) is 5.78 Å². The SMILES string of the molecule is CC(=O)c1ccc2nc(CCc3ccco3)[nH]c2c1. The van der Waals surface area contributed by atoms with Gasteiger partial charge < -0.3 is 9.40 Å². The number of aryl methyl sites for hydroxylation is 2. The monoisotopic (exact) mass is 254 g/mol. The van der Waals surface area contributed by atoms with E-state index in [0.29, 0.717) is 5.56 Å². The minimum Gasteiger partial charge on any atom is -0.469 e. The molecule has 0 aliphatic rings. The first-order valence-electron chi connectivity index (χ1n) is 6.24. The molecule has 1 N–H and O–H groups in total. The zero-order chi connectivity index (χ0) is 13.2. The van der Waals surface area contributed by atoms with E-state index in [1.807, 2.05) is 30.3 Å². The lowest BCUT2D eigenvalue weighted by atomic mass is 10.1. The van der Waals surface area contributed by atoms with Crippen LogP contribution < -0.4 is 0 Å². The zero-order valence-electron chi connectivity index (χ0n) is 10.6. The molecule has 0 saturated carbocycles.